The van der Waals surface area contributed by atoms with Crippen molar-refractivity contribution in [3.63, 3.8) is 0 Å². The van der Waals surface area contributed by atoms with Crippen LogP contribution in [0.5, 0.6) is 0 Å². The van der Waals surface area contributed by atoms with Crippen molar-refractivity contribution in [3.05, 3.63) is 12.3 Å². The number of hydrogen-bond donors (Lipinski definition) is 0. The topological polar surface area (TPSA) is 15.7 Å². The van der Waals surface area contributed by atoms with Crippen LogP contribution >= 0.6 is 0 Å². The Kier molecular flexibility index (Phi) is 4.16. The molecule has 0 atom stereocenters. The molecule has 0 saturated heterocycles. The third-order valence-electron chi connectivity index (χ3n) is 2.31. The molecule has 0 bridgehead atoms. The zero-order valence-electron chi connectivity index (χ0n) is 9.79. The Balaban J connectivity index is 2.07. The van der Waals surface area contributed by atoms with Gasteiger partial charge in [-0.2, -0.15) is 0 Å². The van der Waals surface area contributed by atoms with Crippen LogP contribution in [0.25, 0.3) is 0 Å². The lowest BCUT2D eigenvalue weighted by Gasteiger charge is -2.25. The van der Waals surface area contributed by atoms with Crippen molar-refractivity contribution in [2.45, 2.75) is 25.7 Å². The fourth-order valence-corrected chi connectivity index (χ4v) is 1.97. The Labute approximate surface area is 88.3 Å². The van der Waals surface area contributed by atoms with E-state index in [-0.39, 0.29) is 0 Å². The molecule has 0 aromatic carbocycles. The standard InChI is InChI=1S/C10H22N2OSi/c1-11-6-5-7-12(11)10-13-8-9-14(2,3)4/h5,7H,6,8-10H2,1-4H3. The molecule has 0 aromatic rings. The van der Waals surface area contributed by atoms with Gasteiger partial charge in [0.1, 0.15) is 6.73 Å². The second-order valence-corrected chi connectivity index (χ2v) is 10.6. The van der Waals surface area contributed by atoms with Crippen LogP contribution in [-0.4, -0.2) is 45.0 Å². The molecule has 0 radical (unpaired) electrons. The first-order valence-electron chi connectivity index (χ1n) is 5.21. The summed E-state index contributed by atoms with van der Waals surface area (Å²) in [6, 6.07) is 1.24. The van der Waals surface area contributed by atoms with Gasteiger partial charge in [-0.05, 0) is 6.04 Å². The van der Waals surface area contributed by atoms with E-state index in [1.165, 1.54) is 6.04 Å². The van der Waals surface area contributed by atoms with E-state index in [1.807, 2.05) is 0 Å². The Morgan fingerprint density at radius 2 is 2.07 bits per heavy atom. The summed E-state index contributed by atoms with van der Waals surface area (Å²) in [5, 5.41) is 4.25. The van der Waals surface area contributed by atoms with E-state index in [4.69, 9.17) is 4.74 Å². The van der Waals surface area contributed by atoms with E-state index in [0.29, 0.717) is 6.73 Å². The Morgan fingerprint density at radius 3 is 2.57 bits per heavy atom. The first-order chi connectivity index (χ1) is 6.49. The average Bonchev–Trinajstić information content (AvgIpc) is 2.44. The maximum Gasteiger partial charge on any atom is 0.132 e. The lowest BCUT2D eigenvalue weighted by Crippen LogP contribution is -2.34. The Bertz CT molecular complexity index is 201. The van der Waals surface area contributed by atoms with E-state index in [0.717, 1.165) is 13.2 Å². The highest BCUT2D eigenvalue weighted by Gasteiger charge is 2.14. The van der Waals surface area contributed by atoms with Gasteiger partial charge in [0, 0.05) is 34.5 Å². The van der Waals surface area contributed by atoms with Crippen LogP contribution in [0.15, 0.2) is 12.3 Å². The van der Waals surface area contributed by atoms with Crippen molar-refractivity contribution in [1.82, 2.24) is 10.0 Å². The zero-order valence-corrected chi connectivity index (χ0v) is 10.8. The summed E-state index contributed by atoms with van der Waals surface area (Å²) in [6.07, 6.45) is 4.22. The highest BCUT2D eigenvalue weighted by Crippen LogP contribution is 2.09. The van der Waals surface area contributed by atoms with Gasteiger partial charge >= 0.3 is 0 Å². The molecule has 0 fully saturated rings. The Morgan fingerprint density at radius 1 is 1.36 bits per heavy atom. The predicted molar refractivity (Wildman–Crippen MR) is 62.6 cm³/mol. The van der Waals surface area contributed by atoms with Crippen LogP contribution < -0.4 is 0 Å². The Hall–Kier alpha value is -0.323. The van der Waals surface area contributed by atoms with E-state index < -0.39 is 8.07 Å². The number of hydrazine groups is 1. The van der Waals surface area contributed by atoms with Crippen molar-refractivity contribution in [1.29, 1.82) is 0 Å². The van der Waals surface area contributed by atoms with Gasteiger partial charge in [0.15, 0.2) is 0 Å². The van der Waals surface area contributed by atoms with Crippen LogP contribution in [0.2, 0.25) is 25.7 Å². The summed E-state index contributed by atoms with van der Waals surface area (Å²) < 4.78 is 5.63. The molecule has 0 saturated carbocycles. The van der Waals surface area contributed by atoms with Gasteiger partial charge in [-0.25, -0.2) is 5.01 Å². The summed E-state index contributed by atoms with van der Waals surface area (Å²) in [4.78, 5) is 0. The number of likely N-dealkylation sites (N-methyl/N-ethyl adjacent to an activating group) is 1. The lowest BCUT2D eigenvalue weighted by atomic mass is 10.6. The summed E-state index contributed by atoms with van der Waals surface area (Å²) in [7, 11) is 1.15. The number of ether oxygens (including phenoxy) is 1. The minimum Gasteiger partial charge on any atom is -0.360 e. The molecule has 3 nitrogen and oxygen atoms in total. The van der Waals surface area contributed by atoms with Crippen molar-refractivity contribution < 1.29 is 4.74 Å². The molecule has 0 spiro atoms. The molecule has 0 aliphatic carbocycles. The largest absolute Gasteiger partial charge is 0.360 e. The molecule has 0 amide bonds. The van der Waals surface area contributed by atoms with Crippen LogP contribution in [-0.2, 0) is 4.74 Å². The molecule has 1 aliphatic heterocycles. The third-order valence-corrected chi connectivity index (χ3v) is 4.01. The number of nitrogens with zero attached hydrogens (tertiary/aromatic N) is 2. The highest BCUT2D eigenvalue weighted by molar-refractivity contribution is 6.76. The molecule has 0 N–H and O–H groups in total. The highest BCUT2D eigenvalue weighted by atomic mass is 28.3. The molecule has 1 aliphatic rings. The van der Waals surface area contributed by atoms with Crippen LogP contribution in [0.1, 0.15) is 0 Å². The molecule has 4 heteroatoms. The second-order valence-electron chi connectivity index (χ2n) is 5.01. The predicted octanol–water partition coefficient (Wildman–Crippen LogP) is 1.97. The molecule has 0 aromatic heterocycles. The van der Waals surface area contributed by atoms with Gasteiger partial charge in [0.05, 0.1) is 0 Å². The molecule has 1 heterocycles. The molecule has 1 rings (SSSR count). The monoisotopic (exact) mass is 214 g/mol. The fraction of sp³-hybridized carbons (Fsp3) is 0.800. The fourth-order valence-electron chi connectivity index (χ4n) is 1.22. The van der Waals surface area contributed by atoms with Gasteiger partial charge in [0.25, 0.3) is 0 Å². The number of hydrogen-bond acceptors (Lipinski definition) is 3. The quantitative estimate of drug-likeness (QED) is 0.514. The third kappa shape index (κ3) is 4.26. The van der Waals surface area contributed by atoms with Gasteiger partial charge in [0.2, 0.25) is 0 Å². The lowest BCUT2D eigenvalue weighted by molar-refractivity contribution is -0.0367. The second kappa shape index (κ2) is 4.96. The van der Waals surface area contributed by atoms with Crippen LogP contribution in [0.3, 0.4) is 0 Å². The van der Waals surface area contributed by atoms with Gasteiger partial charge in [-0.3, -0.25) is 5.01 Å². The molecule has 14 heavy (non-hydrogen) atoms. The van der Waals surface area contributed by atoms with Crippen LogP contribution in [0.4, 0.5) is 0 Å². The SMILES string of the molecule is CN1CC=CN1COCC[Si](C)(C)C. The van der Waals surface area contributed by atoms with Gasteiger partial charge < -0.3 is 4.74 Å². The summed E-state index contributed by atoms with van der Waals surface area (Å²) >= 11 is 0. The smallest absolute Gasteiger partial charge is 0.132 e. The summed E-state index contributed by atoms with van der Waals surface area (Å²) in [5.41, 5.74) is 0. The van der Waals surface area contributed by atoms with Gasteiger partial charge in [-0.1, -0.05) is 25.7 Å². The van der Waals surface area contributed by atoms with E-state index in [9.17, 15) is 0 Å². The first-order valence-corrected chi connectivity index (χ1v) is 8.92. The summed E-state index contributed by atoms with van der Waals surface area (Å²) in [5.74, 6) is 0. The molecular formula is C10H22N2OSi. The van der Waals surface area contributed by atoms with Crippen molar-refractivity contribution >= 4 is 8.07 Å². The first kappa shape index (κ1) is 11.7. The van der Waals surface area contributed by atoms with Crippen LogP contribution in [0, 0.1) is 0 Å². The van der Waals surface area contributed by atoms with E-state index >= 15 is 0 Å². The van der Waals surface area contributed by atoms with Crippen molar-refractivity contribution in [3.8, 4) is 0 Å². The maximum absolute atomic E-state index is 5.63. The average molecular weight is 214 g/mol. The van der Waals surface area contributed by atoms with Crippen molar-refractivity contribution in [2.24, 2.45) is 0 Å². The normalized spacial score (nSPS) is 18.1. The van der Waals surface area contributed by atoms with Crippen molar-refractivity contribution in [2.75, 3.05) is 26.9 Å². The summed E-state index contributed by atoms with van der Waals surface area (Å²) in [6.45, 7) is 9.71. The van der Waals surface area contributed by atoms with E-state index in [2.05, 4.69) is 49.0 Å². The minimum atomic E-state index is -0.926. The van der Waals surface area contributed by atoms with E-state index in [1.54, 1.807) is 0 Å². The zero-order chi connectivity index (χ0) is 10.6. The maximum atomic E-state index is 5.63. The number of rotatable bonds is 5. The molecular weight excluding hydrogens is 192 g/mol. The molecule has 0 unspecified atom stereocenters. The van der Waals surface area contributed by atoms with Gasteiger partial charge in [-0.15, -0.1) is 0 Å². The minimum absolute atomic E-state index is 0.692. The molecule has 82 valence electrons.